The Bertz CT molecular complexity index is 1360. The van der Waals surface area contributed by atoms with E-state index in [1.807, 2.05) is 48.5 Å². The number of ether oxygens (including phenoxy) is 2. The molecule has 0 bridgehead atoms. The minimum absolute atomic E-state index is 0.0518. The molecule has 1 aliphatic heterocycles. The lowest BCUT2D eigenvalue weighted by Crippen LogP contribution is -2.33. The van der Waals surface area contributed by atoms with Crippen LogP contribution >= 0.6 is 11.6 Å². The van der Waals surface area contributed by atoms with E-state index < -0.39 is 0 Å². The maximum Gasteiger partial charge on any atom is 0.227 e. The van der Waals surface area contributed by atoms with Gasteiger partial charge in [-0.25, -0.2) is 4.39 Å². The Morgan fingerprint density at radius 2 is 1.89 bits per heavy atom. The summed E-state index contributed by atoms with van der Waals surface area (Å²) in [6.07, 6.45) is 3.67. The average Bonchev–Trinajstić information content (AvgIpc) is 3.12. The summed E-state index contributed by atoms with van der Waals surface area (Å²) in [6.45, 7) is 1.47. The number of fused-ring (bicyclic) bond motifs is 1. The smallest absolute Gasteiger partial charge is 0.227 e. The van der Waals surface area contributed by atoms with Gasteiger partial charge < -0.3 is 14.4 Å². The van der Waals surface area contributed by atoms with Gasteiger partial charge in [0.25, 0.3) is 0 Å². The van der Waals surface area contributed by atoms with Gasteiger partial charge in [0.05, 0.1) is 13.0 Å². The molecule has 0 saturated carbocycles. The number of amides is 1. The van der Waals surface area contributed by atoms with Crippen molar-refractivity contribution in [1.82, 2.24) is 9.88 Å². The van der Waals surface area contributed by atoms with Gasteiger partial charge in [0.2, 0.25) is 5.91 Å². The van der Waals surface area contributed by atoms with Gasteiger partial charge >= 0.3 is 0 Å². The van der Waals surface area contributed by atoms with E-state index in [9.17, 15) is 9.18 Å². The molecule has 0 spiro atoms. The molecule has 1 aliphatic rings. The van der Waals surface area contributed by atoms with Crippen LogP contribution in [0.2, 0.25) is 5.02 Å². The number of aromatic nitrogens is 1. The van der Waals surface area contributed by atoms with Crippen molar-refractivity contribution in [3.63, 3.8) is 0 Å². The van der Waals surface area contributed by atoms with Gasteiger partial charge in [-0.2, -0.15) is 0 Å². The molecule has 0 fully saturated rings. The summed E-state index contributed by atoms with van der Waals surface area (Å²) in [7, 11) is 0. The third-order valence-electron chi connectivity index (χ3n) is 6.00. The zero-order valence-corrected chi connectivity index (χ0v) is 20.2. The molecule has 1 aromatic heterocycles. The Labute approximate surface area is 214 Å². The van der Waals surface area contributed by atoms with Crippen molar-refractivity contribution in [3.8, 4) is 22.6 Å². The number of hydrogen-bond acceptors (Lipinski definition) is 4. The molecule has 0 radical (unpaired) electrons. The number of hydrogen-bond donors (Lipinski definition) is 0. The van der Waals surface area contributed by atoms with E-state index in [0.29, 0.717) is 42.8 Å². The fourth-order valence-corrected chi connectivity index (χ4v) is 4.36. The largest absolute Gasteiger partial charge is 0.487 e. The third-order valence-corrected chi connectivity index (χ3v) is 6.23. The summed E-state index contributed by atoms with van der Waals surface area (Å²) in [4.78, 5) is 19.0. The van der Waals surface area contributed by atoms with Crippen molar-refractivity contribution in [2.75, 3.05) is 13.2 Å². The highest BCUT2D eigenvalue weighted by molar-refractivity contribution is 6.30. The second kappa shape index (κ2) is 10.8. The monoisotopic (exact) mass is 502 g/mol. The van der Waals surface area contributed by atoms with Crippen molar-refractivity contribution in [2.45, 2.75) is 19.6 Å². The Balaban J connectivity index is 1.45. The molecular weight excluding hydrogens is 479 g/mol. The lowest BCUT2D eigenvalue weighted by molar-refractivity contribution is -0.131. The first-order chi connectivity index (χ1) is 17.5. The highest BCUT2D eigenvalue weighted by Gasteiger charge is 2.24. The van der Waals surface area contributed by atoms with Crippen molar-refractivity contribution in [2.24, 2.45) is 0 Å². The van der Waals surface area contributed by atoms with Crippen LogP contribution in [-0.4, -0.2) is 28.9 Å². The van der Waals surface area contributed by atoms with Crippen molar-refractivity contribution in [1.29, 1.82) is 0 Å². The minimum Gasteiger partial charge on any atom is -0.487 e. The number of rotatable bonds is 6. The molecule has 1 amide bonds. The van der Waals surface area contributed by atoms with Gasteiger partial charge in [0.15, 0.2) is 11.5 Å². The van der Waals surface area contributed by atoms with Crippen LogP contribution < -0.4 is 9.47 Å². The maximum atomic E-state index is 13.3. The van der Waals surface area contributed by atoms with E-state index >= 15 is 0 Å². The molecule has 5 rings (SSSR count). The van der Waals surface area contributed by atoms with Crippen LogP contribution in [0.3, 0.4) is 0 Å². The maximum absolute atomic E-state index is 13.3. The SMILES string of the molecule is O=C(Cc1ccc(F)cc1)N1CCOc2c(cc(-c3cccc(Cl)c3)cc2OCc2cccnc2)C1. The first-order valence-corrected chi connectivity index (χ1v) is 12.0. The Morgan fingerprint density at radius 3 is 2.67 bits per heavy atom. The second-order valence-corrected chi connectivity index (χ2v) is 9.03. The molecule has 36 heavy (non-hydrogen) atoms. The van der Waals surface area contributed by atoms with Gasteiger partial charge in [0, 0.05) is 35.1 Å². The molecule has 0 aliphatic carbocycles. The predicted molar refractivity (Wildman–Crippen MR) is 136 cm³/mol. The zero-order valence-electron chi connectivity index (χ0n) is 19.5. The number of carbonyl (C=O) groups is 1. The molecule has 0 saturated heterocycles. The normalized spacial score (nSPS) is 12.9. The van der Waals surface area contributed by atoms with Gasteiger partial charge in [0.1, 0.15) is 19.0 Å². The Morgan fingerprint density at radius 1 is 1.03 bits per heavy atom. The van der Waals surface area contributed by atoms with E-state index in [1.54, 1.807) is 29.4 Å². The van der Waals surface area contributed by atoms with E-state index in [1.165, 1.54) is 12.1 Å². The molecular formula is C29H24ClFN2O3. The van der Waals surface area contributed by atoms with Crippen molar-refractivity contribution in [3.05, 3.63) is 113 Å². The second-order valence-electron chi connectivity index (χ2n) is 8.59. The van der Waals surface area contributed by atoms with Crippen LogP contribution in [0.1, 0.15) is 16.7 Å². The van der Waals surface area contributed by atoms with Crippen molar-refractivity contribution < 1.29 is 18.7 Å². The first-order valence-electron chi connectivity index (χ1n) is 11.6. The van der Waals surface area contributed by atoms with Crippen LogP contribution in [0.15, 0.2) is 85.2 Å². The zero-order chi connectivity index (χ0) is 24.9. The van der Waals surface area contributed by atoms with Crippen LogP contribution in [0.25, 0.3) is 11.1 Å². The first kappa shape index (κ1) is 23.8. The topological polar surface area (TPSA) is 51.7 Å². The third kappa shape index (κ3) is 5.66. The summed E-state index contributed by atoms with van der Waals surface area (Å²) in [5, 5.41) is 0.632. The molecule has 4 aromatic rings. The number of benzene rings is 3. The van der Waals surface area contributed by atoms with E-state index in [0.717, 1.165) is 27.8 Å². The Hall–Kier alpha value is -3.90. The number of pyridine rings is 1. The minimum atomic E-state index is -0.323. The van der Waals surface area contributed by atoms with E-state index in [4.69, 9.17) is 21.1 Å². The summed E-state index contributed by atoms with van der Waals surface area (Å²) in [5.41, 5.74) is 4.39. The molecule has 0 unspecified atom stereocenters. The molecule has 5 nitrogen and oxygen atoms in total. The van der Waals surface area contributed by atoms with E-state index in [-0.39, 0.29) is 18.1 Å². The van der Waals surface area contributed by atoms with Crippen LogP contribution in [0.5, 0.6) is 11.5 Å². The van der Waals surface area contributed by atoms with Crippen molar-refractivity contribution >= 4 is 17.5 Å². The number of halogens is 2. The number of nitrogens with zero attached hydrogens (tertiary/aromatic N) is 2. The summed E-state index contributed by atoms with van der Waals surface area (Å²) in [6, 6.07) is 21.4. The van der Waals surface area contributed by atoms with Gasteiger partial charge in [-0.05, 0) is 59.2 Å². The van der Waals surface area contributed by atoms with Gasteiger partial charge in [-0.15, -0.1) is 0 Å². The molecule has 7 heteroatoms. The fraction of sp³-hybridized carbons (Fsp3) is 0.172. The fourth-order valence-electron chi connectivity index (χ4n) is 4.17. The van der Waals surface area contributed by atoms with Gasteiger partial charge in [-0.1, -0.05) is 41.9 Å². The summed E-state index contributed by atoms with van der Waals surface area (Å²) >= 11 is 6.26. The molecule has 3 aromatic carbocycles. The summed E-state index contributed by atoms with van der Waals surface area (Å²) in [5.74, 6) is 0.848. The molecule has 182 valence electrons. The standard InChI is InChI=1S/C29H24ClFN2O3/c30-25-5-1-4-22(15-25)23-14-24-18-33(28(34)13-20-6-8-26(31)9-7-20)11-12-35-29(24)27(16-23)36-19-21-3-2-10-32-17-21/h1-10,14-17H,11-13,18-19H2. The molecule has 0 atom stereocenters. The average molecular weight is 503 g/mol. The van der Waals surface area contributed by atoms with Crippen LogP contribution in [-0.2, 0) is 24.4 Å². The lowest BCUT2D eigenvalue weighted by Gasteiger charge is -2.20. The lowest BCUT2D eigenvalue weighted by atomic mass is 10.0. The van der Waals surface area contributed by atoms with E-state index in [2.05, 4.69) is 4.98 Å². The van der Waals surface area contributed by atoms with Gasteiger partial charge in [-0.3, -0.25) is 9.78 Å². The summed E-state index contributed by atoms with van der Waals surface area (Å²) < 4.78 is 25.6. The predicted octanol–water partition coefficient (Wildman–Crippen LogP) is 6.08. The van der Waals surface area contributed by atoms with Crippen LogP contribution in [0.4, 0.5) is 4.39 Å². The number of carbonyl (C=O) groups excluding carboxylic acids is 1. The molecule has 2 heterocycles. The van der Waals surface area contributed by atoms with Crippen LogP contribution in [0, 0.1) is 5.82 Å². The highest BCUT2D eigenvalue weighted by Crippen LogP contribution is 2.39. The Kier molecular flexibility index (Phi) is 7.14. The molecule has 0 N–H and O–H groups in total. The highest BCUT2D eigenvalue weighted by atomic mass is 35.5. The quantitative estimate of drug-likeness (QED) is 0.320.